The van der Waals surface area contributed by atoms with Crippen LogP contribution in [0.5, 0.6) is 0 Å². The van der Waals surface area contributed by atoms with E-state index in [-0.39, 0.29) is 25.5 Å². The van der Waals surface area contributed by atoms with E-state index in [1.54, 1.807) is 12.1 Å². The Morgan fingerprint density at radius 3 is 2.34 bits per heavy atom. The van der Waals surface area contributed by atoms with E-state index in [1.807, 2.05) is 0 Å². The number of fused-ring (bicyclic) bond motifs is 1. The fourth-order valence-corrected chi connectivity index (χ4v) is 4.29. The van der Waals surface area contributed by atoms with Crippen LogP contribution in [0.25, 0.3) is 11.0 Å². The van der Waals surface area contributed by atoms with E-state index in [2.05, 4.69) is 10.3 Å². The molecule has 3 amide bonds. The number of hydrogen-bond donors (Lipinski definition) is 1. The van der Waals surface area contributed by atoms with Gasteiger partial charge >= 0.3 is 24.5 Å². The molecule has 1 N–H and O–H groups in total. The molecule has 3 heterocycles. The number of urea groups is 1. The van der Waals surface area contributed by atoms with E-state index in [0.29, 0.717) is 28.3 Å². The summed E-state index contributed by atoms with van der Waals surface area (Å²) >= 11 is 0. The SMILES string of the molecule is O=C(NCc1nccc2ccoc12)N1C(=O)O[C@H](c2cc(C(F)(F)F)cc(C(F)(F)F)c2)C12CC2. The molecule has 2 aliphatic rings. The molecule has 1 saturated carbocycles. The summed E-state index contributed by atoms with van der Waals surface area (Å²) in [5.74, 6) is 0. The van der Waals surface area contributed by atoms with Crippen molar-refractivity contribution in [1.29, 1.82) is 0 Å². The Hall–Kier alpha value is -3.77. The van der Waals surface area contributed by atoms with Gasteiger partial charge in [-0.3, -0.25) is 4.98 Å². The van der Waals surface area contributed by atoms with E-state index >= 15 is 0 Å². The number of hydrogen-bond acceptors (Lipinski definition) is 5. The second kappa shape index (κ2) is 7.62. The molecule has 1 aromatic carbocycles. The molecular formula is C22H15F6N3O4. The molecular weight excluding hydrogens is 484 g/mol. The first-order valence-corrected chi connectivity index (χ1v) is 10.3. The van der Waals surface area contributed by atoms with Crippen LogP contribution in [0.15, 0.2) is 47.2 Å². The fourth-order valence-electron chi connectivity index (χ4n) is 4.29. The van der Waals surface area contributed by atoms with Crippen molar-refractivity contribution in [3.05, 3.63) is 65.2 Å². The highest BCUT2D eigenvalue weighted by Gasteiger charge is 2.66. The maximum Gasteiger partial charge on any atom is 0.419 e. The molecule has 1 spiro atoms. The highest BCUT2D eigenvalue weighted by Crippen LogP contribution is 2.57. The quantitative estimate of drug-likeness (QED) is 0.461. The van der Waals surface area contributed by atoms with Crippen LogP contribution in [-0.4, -0.2) is 27.5 Å². The van der Waals surface area contributed by atoms with Gasteiger partial charge in [0, 0.05) is 11.6 Å². The van der Waals surface area contributed by atoms with Gasteiger partial charge in [0.25, 0.3) is 0 Å². The molecule has 7 nitrogen and oxygen atoms in total. The Morgan fingerprint density at radius 2 is 1.74 bits per heavy atom. The topological polar surface area (TPSA) is 84.7 Å². The van der Waals surface area contributed by atoms with Crippen LogP contribution >= 0.6 is 0 Å². The molecule has 2 fully saturated rings. The van der Waals surface area contributed by atoms with Crippen LogP contribution in [0.4, 0.5) is 35.9 Å². The number of nitrogens with one attached hydrogen (secondary N) is 1. The summed E-state index contributed by atoms with van der Waals surface area (Å²) in [6, 6.07) is 3.48. The molecule has 1 aliphatic heterocycles. The van der Waals surface area contributed by atoms with E-state index in [9.17, 15) is 35.9 Å². The zero-order chi connectivity index (χ0) is 25.2. The first-order chi connectivity index (χ1) is 16.4. The van der Waals surface area contributed by atoms with E-state index < -0.39 is 52.8 Å². The predicted octanol–water partition coefficient (Wildman–Crippen LogP) is 5.80. The van der Waals surface area contributed by atoms with Crippen molar-refractivity contribution in [3.8, 4) is 0 Å². The van der Waals surface area contributed by atoms with Gasteiger partial charge in [-0.25, -0.2) is 14.5 Å². The number of amides is 3. The van der Waals surface area contributed by atoms with Gasteiger partial charge in [0.2, 0.25) is 0 Å². The van der Waals surface area contributed by atoms with Gasteiger partial charge in [0.1, 0.15) is 5.69 Å². The summed E-state index contributed by atoms with van der Waals surface area (Å²) in [4.78, 5) is 30.3. The predicted molar refractivity (Wildman–Crippen MR) is 106 cm³/mol. The first-order valence-electron chi connectivity index (χ1n) is 10.3. The van der Waals surface area contributed by atoms with Gasteiger partial charge in [-0.05, 0) is 48.7 Å². The lowest BCUT2D eigenvalue weighted by Crippen LogP contribution is -2.47. The minimum absolute atomic E-state index is 0.00739. The molecule has 0 bridgehead atoms. The molecule has 2 aromatic heterocycles. The number of pyridine rings is 1. The number of rotatable bonds is 3. The third kappa shape index (κ3) is 3.94. The largest absolute Gasteiger partial charge is 0.462 e. The average Bonchev–Trinajstić information content (AvgIpc) is 3.29. The Morgan fingerprint density at radius 1 is 1.09 bits per heavy atom. The summed E-state index contributed by atoms with van der Waals surface area (Å²) in [6.07, 6.45) is -9.55. The molecule has 35 heavy (non-hydrogen) atoms. The van der Waals surface area contributed by atoms with Crippen molar-refractivity contribution in [1.82, 2.24) is 15.2 Å². The van der Waals surface area contributed by atoms with Crippen molar-refractivity contribution in [2.24, 2.45) is 0 Å². The molecule has 184 valence electrons. The van der Waals surface area contributed by atoms with Crippen molar-refractivity contribution in [2.45, 2.75) is 43.4 Å². The smallest absolute Gasteiger partial charge is 0.419 e. The highest BCUT2D eigenvalue weighted by atomic mass is 19.4. The van der Waals surface area contributed by atoms with Crippen LogP contribution in [0.1, 0.15) is 41.3 Å². The van der Waals surface area contributed by atoms with Gasteiger partial charge in [-0.1, -0.05) is 0 Å². The van der Waals surface area contributed by atoms with Crippen LogP contribution < -0.4 is 5.32 Å². The summed E-state index contributed by atoms with van der Waals surface area (Å²) in [5.41, 5.74) is -4.17. The number of carbonyl (C=O) groups excluding carboxylic acids is 2. The number of halogens is 6. The second-order valence-electron chi connectivity index (χ2n) is 8.30. The van der Waals surface area contributed by atoms with Crippen molar-refractivity contribution >= 4 is 23.1 Å². The van der Waals surface area contributed by atoms with Gasteiger partial charge in [0.05, 0.1) is 29.5 Å². The van der Waals surface area contributed by atoms with Crippen LogP contribution in [-0.2, 0) is 23.6 Å². The van der Waals surface area contributed by atoms with E-state index in [0.717, 1.165) is 5.39 Å². The number of alkyl halides is 6. The van der Waals surface area contributed by atoms with Crippen LogP contribution in [0, 0.1) is 0 Å². The lowest BCUT2D eigenvalue weighted by atomic mass is 9.95. The Balaban J connectivity index is 1.43. The van der Waals surface area contributed by atoms with Crippen LogP contribution in [0.3, 0.4) is 0 Å². The molecule has 3 aromatic rings. The summed E-state index contributed by atoms with van der Waals surface area (Å²) in [7, 11) is 0. The lowest BCUT2D eigenvalue weighted by Gasteiger charge is -2.24. The molecule has 0 radical (unpaired) electrons. The number of imide groups is 1. The lowest BCUT2D eigenvalue weighted by molar-refractivity contribution is -0.143. The van der Waals surface area contributed by atoms with Crippen molar-refractivity contribution < 1.29 is 45.1 Å². The van der Waals surface area contributed by atoms with Gasteiger partial charge < -0.3 is 14.5 Å². The van der Waals surface area contributed by atoms with Gasteiger partial charge in [-0.15, -0.1) is 0 Å². The molecule has 13 heteroatoms. The molecule has 0 unspecified atom stereocenters. The highest BCUT2D eigenvalue weighted by molar-refractivity contribution is 5.94. The third-order valence-corrected chi connectivity index (χ3v) is 6.06. The van der Waals surface area contributed by atoms with Crippen molar-refractivity contribution in [2.75, 3.05) is 0 Å². The fraction of sp³-hybridized carbons (Fsp3) is 0.318. The number of cyclic esters (lactones) is 1. The normalized spacial score (nSPS) is 19.3. The molecule has 5 rings (SSSR count). The second-order valence-corrected chi connectivity index (χ2v) is 8.30. The van der Waals surface area contributed by atoms with Crippen molar-refractivity contribution in [3.63, 3.8) is 0 Å². The Labute approximate surface area is 192 Å². The summed E-state index contributed by atoms with van der Waals surface area (Å²) in [5, 5.41) is 3.23. The number of carbonyl (C=O) groups is 2. The first kappa shape index (κ1) is 23.0. The monoisotopic (exact) mass is 499 g/mol. The summed E-state index contributed by atoms with van der Waals surface area (Å²) in [6.45, 7) is -0.143. The molecule has 1 atom stereocenters. The van der Waals surface area contributed by atoms with Crippen LogP contribution in [0.2, 0.25) is 0 Å². The summed E-state index contributed by atoms with van der Waals surface area (Å²) < 4.78 is 90.3. The maximum absolute atomic E-state index is 13.3. The average molecular weight is 499 g/mol. The van der Waals surface area contributed by atoms with E-state index in [4.69, 9.17) is 9.15 Å². The third-order valence-electron chi connectivity index (χ3n) is 6.06. The van der Waals surface area contributed by atoms with E-state index in [1.165, 1.54) is 12.5 Å². The number of nitrogens with zero attached hydrogens (tertiary/aromatic N) is 2. The standard InChI is InChI=1S/C22H15F6N3O4/c23-21(24,25)13-7-12(8-14(9-13)22(26,27)28)17-20(3-4-20)31(19(33)35-17)18(32)30-10-15-16-11(1-5-29-15)2-6-34-16/h1-2,5-9,17H,3-4,10H2,(H,30,32)/t17-/m1/s1. The molecule has 1 saturated heterocycles. The minimum atomic E-state index is -5.06. The number of benzene rings is 1. The number of furan rings is 1. The zero-order valence-corrected chi connectivity index (χ0v) is 17.5. The minimum Gasteiger partial charge on any atom is -0.462 e. The molecule has 1 aliphatic carbocycles. The van der Waals surface area contributed by atoms with Gasteiger partial charge in [-0.2, -0.15) is 26.3 Å². The number of aromatic nitrogens is 1. The number of ether oxygens (including phenoxy) is 1. The zero-order valence-electron chi connectivity index (χ0n) is 17.5. The van der Waals surface area contributed by atoms with Gasteiger partial charge in [0.15, 0.2) is 11.7 Å². The Bertz CT molecular complexity index is 1300. The maximum atomic E-state index is 13.3. The Kier molecular flexibility index (Phi) is 5.00.